The highest BCUT2D eigenvalue weighted by atomic mass is 79.9. The summed E-state index contributed by atoms with van der Waals surface area (Å²) >= 11 is 4.98. The molecule has 0 saturated carbocycles. The lowest BCUT2D eigenvalue weighted by Gasteiger charge is -2.08. The summed E-state index contributed by atoms with van der Waals surface area (Å²) in [5.41, 5.74) is 5.99. The first-order valence-electron chi connectivity index (χ1n) is 5.41. The minimum atomic E-state index is -0.181. The molecule has 2 heterocycles. The molecule has 0 amide bonds. The maximum absolute atomic E-state index is 5.99. The molecule has 1 unspecified atom stereocenters. The Labute approximate surface area is 112 Å². The standard InChI is InChI=1S/C11H14BrN3OS/c1-6(2)5-7(13)11-14-10(15-16-11)8-3-4-9(12)17-8/h3-4,6-7H,5,13H2,1-2H3. The van der Waals surface area contributed by atoms with Gasteiger partial charge in [-0.2, -0.15) is 4.98 Å². The highest BCUT2D eigenvalue weighted by molar-refractivity contribution is 9.11. The lowest BCUT2D eigenvalue weighted by atomic mass is 10.0. The summed E-state index contributed by atoms with van der Waals surface area (Å²) in [4.78, 5) is 5.31. The fourth-order valence-electron chi connectivity index (χ4n) is 1.53. The Morgan fingerprint density at radius 3 is 2.82 bits per heavy atom. The third-order valence-corrected chi connectivity index (χ3v) is 3.90. The van der Waals surface area contributed by atoms with Gasteiger partial charge in [0, 0.05) is 0 Å². The van der Waals surface area contributed by atoms with E-state index in [1.54, 1.807) is 11.3 Å². The fraction of sp³-hybridized carbons (Fsp3) is 0.455. The van der Waals surface area contributed by atoms with Crippen molar-refractivity contribution in [3.63, 3.8) is 0 Å². The van der Waals surface area contributed by atoms with E-state index in [0.29, 0.717) is 17.6 Å². The quantitative estimate of drug-likeness (QED) is 0.936. The molecule has 1 atom stereocenters. The van der Waals surface area contributed by atoms with Gasteiger partial charge in [0.2, 0.25) is 11.7 Å². The zero-order valence-electron chi connectivity index (χ0n) is 9.68. The first-order valence-corrected chi connectivity index (χ1v) is 7.02. The number of nitrogens with two attached hydrogens (primary N) is 1. The van der Waals surface area contributed by atoms with Crippen LogP contribution in [0.1, 0.15) is 32.2 Å². The molecule has 2 rings (SSSR count). The van der Waals surface area contributed by atoms with Crippen LogP contribution in [0.3, 0.4) is 0 Å². The molecular weight excluding hydrogens is 302 g/mol. The Kier molecular flexibility index (Phi) is 3.96. The van der Waals surface area contributed by atoms with E-state index < -0.39 is 0 Å². The third-order valence-electron chi connectivity index (χ3n) is 2.28. The van der Waals surface area contributed by atoms with E-state index in [1.165, 1.54) is 0 Å². The van der Waals surface area contributed by atoms with Crippen LogP contribution in [-0.4, -0.2) is 10.1 Å². The molecule has 92 valence electrons. The molecule has 0 aliphatic rings. The van der Waals surface area contributed by atoms with Crippen LogP contribution in [-0.2, 0) is 0 Å². The number of hydrogen-bond acceptors (Lipinski definition) is 5. The second kappa shape index (κ2) is 5.29. The van der Waals surface area contributed by atoms with Gasteiger partial charge >= 0.3 is 0 Å². The lowest BCUT2D eigenvalue weighted by Crippen LogP contribution is -2.13. The van der Waals surface area contributed by atoms with Crippen LogP contribution in [0.2, 0.25) is 0 Å². The molecule has 0 radical (unpaired) electrons. The molecule has 2 aromatic rings. The van der Waals surface area contributed by atoms with Crippen LogP contribution in [0, 0.1) is 5.92 Å². The lowest BCUT2D eigenvalue weighted by molar-refractivity contribution is 0.335. The number of halogens is 1. The van der Waals surface area contributed by atoms with Gasteiger partial charge in [-0.3, -0.25) is 0 Å². The molecule has 2 N–H and O–H groups in total. The van der Waals surface area contributed by atoms with E-state index >= 15 is 0 Å². The molecule has 0 spiro atoms. The number of aromatic nitrogens is 2. The molecule has 6 heteroatoms. The first-order chi connectivity index (χ1) is 8.06. The molecule has 2 aromatic heterocycles. The highest BCUT2D eigenvalue weighted by Crippen LogP contribution is 2.30. The minimum absolute atomic E-state index is 0.181. The van der Waals surface area contributed by atoms with E-state index in [4.69, 9.17) is 10.3 Å². The summed E-state index contributed by atoms with van der Waals surface area (Å²) in [6, 6.07) is 3.74. The molecule has 0 aromatic carbocycles. The average Bonchev–Trinajstić information content (AvgIpc) is 2.84. The van der Waals surface area contributed by atoms with Gasteiger partial charge < -0.3 is 10.3 Å². The van der Waals surface area contributed by atoms with E-state index in [2.05, 4.69) is 39.9 Å². The van der Waals surface area contributed by atoms with E-state index in [0.717, 1.165) is 15.1 Å². The molecule has 0 aliphatic heterocycles. The molecule has 0 aliphatic carbocycles. The topological polar surface area (TPSA) is 64.9 Å². The van der Waals surface area contributed by atoms with Gasteiger partial charge in [-0.05, 0) is 40.4 Å². The maximum Gasteiger partial charge on any atom is 0.243 e. The SMILES string of the molecule is CC(C)CC(N)c1nc(-c2ccc(Br)s2)no1. The van der Waals surface area contributed by atoms with E-state index in [9.17, 15) is 0 Å². The second-order valence-electron chi connectivity index (χ2n) is 4.30. The van der Waals surface area contributed by atoms with E-state index in [1.807, 2.05) is 12.1 Å². The van der Waals surface area contributed by atoms with Gasteiger partial charge in [0.15, 0.2) is 0 Å². The third kappa shape index (κ3) is 3.14. The zero-order chi connectivity index (χ0) is 12.4. The molecular formula is C11H14BrN3OS. The van der Waals surface area contributed by atoms with Gasteiger partial charge in [0.05, 0.1) is 14.7 Å². The van der Waals surface area contributed by atoms with Crippen LogP contribution in [0.5, 0.6) is 0 Å². The predicted molar refractivity (Wildman–Crippen MR) is 71.7 cm³/mol. The van der Waals surface area contributed by atoms with Crippen molar-refractivity contribution in [3.05, 3.63) is 21.8 Å². The van der Waals surface area contributed by atoms with E-state index in [-0.39, 0.29) is 6.04 Å². The summed E-state index contributed by atoms with van der Waals surface area (Å²) in [5, 5.41) is 3.95. The van der Waals surface area contributed by atoms with Crippen LogP contribution in [0.15, 0.2) is 20.4 Å². The molecule has 17 heavy (non-hydrogen) atoms. The summed E-state index contributed by atoms with van der Waals surface area (Å²) in [5.74, 6) is 1.63. The Morgan fingerprint density at radius 2 is 2.24 bits per heavy atom. The van der Waals surface area contributed by atoms with Crippen LogP contribution < -0.4 is 5.73 Å². The largest absolute Gasteiger partial charge is 0.337 e. The van der Waals surface area contributed by atoms with Crippen molar-refractivity contribution in [1.29, 1.82) is 0 Å². The molecule has 0 saturated heterocycles. The van der Waals surface area contributed by atoms with Gasteiger partial charge in [-0.25, -0.2) is 0 Å². The van der Waals surface area contributed by atoms with Crippen molar-refractivity contribution < 1.29 is 4.52 Å². The van der Waals surface area contributed by atoms with Crippen molar-refractivity contribution in [3.8, 4) is 10.7 Å². The number of thiophene rings is 1. The van der Waals surface area contributed by atoms with Gasteiger partial charge in [0.25, 0.3) is 0 Å². The maximum atomic E-state index is 5.99. The van der Waals surface area contributed by atoms with Crippen molar-refractivity contribution in [2.24, 2.45) is 11.7 Å². The summed E-state index contributed by atoms with van der Waals surface area (Å²) in [6.45, 7) is 4.24. The Hall–Kier alpha value is -0.720. The van der Waals surface area contributed by atoms with Crippen molar-refractivity contribution >= 4 is 27.3 Å². The first kappa shape index (κ1) is 12.7. The number of rotatable bonds is 4. The van der Waals surface area contributed by atoms with Crippen molar-refractivity contribution in [2.75, 3.05) is 0 Å². The van der Waals surface area contributed by atoms with Gasteiger partial charge in [-0.15, -0.1) is 11.3 Å². The fourth-order valence-corrected chi connectivity index (χ4v) is 2.84. The Balaban J connectivity index is 2.15. The predicted octanol–water partition coefficient (Wildman–Crippen LogP) is 3.61. The van der Waals surface area contributed by atoms with Crippen molar-refractivity contribution in [1.82, 2.24) is 10.1 Å². The Bertz CT molecular complexity index is 494. The van der Waals surface area contributed by atoms with Gasteiger partial charge in [0.1, 0.15) is 0 Å². The van der Waals surface area contributed by atoms with Crippen LogP contribution >= 0.6 is 27.3 Å². The zero-order valence-corrected chi connectivity index (χ0v) is 12.1. The average molecular weight is 316 g/mol. The smallest absolute Gasteiger partial charge is 0.243 e. The molecule has 0 bridgehead atoms. The molecule has 4 nitrogen and oxygen atoms in total. The normalized spacial score (nSPS) is 13.2. The number of nitrogens with zero attached hydrogens (tertiary/aromatic N) is 2. The minimum Gasteiger partial charge on any atom is -0.337 e. The van der Waals surface area contributed by atoms with Crippen LogP contribution in [0.4, 0.5) is 0 Å². The summed E-state index contributed by atoms with van der Waals surface area (Å²) in [6.07, 6.45) is 0.843. The Morgan fingerprint density at radius 1 is 1.47 bits per heavy atom. The van der Waals surface area contributed by atoms with Gasteiger partial charge in [-0.1, -0.05) is 19.0 Å². The summed E-state index contributed by atoms with van der Waals surface area (Å²) in [7, 11) is 0. The molecule has 0 fully saturated rings. The monoisotopic (exact) mass is 315 g/mol. The number of hydrogen-bond donors (Lipinski definition) is 1. The second-order valence-corrected chi connectivity index (χ2v) is 6.76. The summed E-state index contributed by atoms with van der Waals surface area (Å²) < 4.78 is 6.24. The highest BCUT2D eigenvalue weighted by Gasteiger charge is 2.17. The van der Waals surface area contributed by atoms with Crippen molar-refractivity contribution in [2.45, 2.75) is 26.3 Å². The van der Waals surface area contributed by atoms with Crippen LogP contribution in [0.25, 0.3) is 10.7 Å².